The molecule has 0 aromatic rings. The van der Waals surface area contributed by atoms with Crippen LogP contribution in [-0.4, -0.2) is 50.2 Å². The third kappa shape index (κ3) is 17.2. The summed E-state index contributed by atoms with van der Waals surface area (Å²) in [6.45, 7) is 2.65. The molecule has 0 aliphatic carbocycles. The highest BCUT2D eigenvalue weighted by Gasteiger charge is 2.22. The number of nitrogens with zero attached hydrogens (tertiary/aromatic N) is 1. The summed E-state index contributed by atoms with van der Waals surface area (Å²) in [5, 5.41) is 10.8. The Morgan fingerprint density at radius 1 is 1.00 bits per heavy atom. The quantitative estimate of drug-likeness (QED) is 0.193. The molecule has 5 nitrogen and oxygen atoms in total. The molecule has 0 heterocycles. The zero-order chi connectivity index (χ0) is 19.8. The lowest BCUT2D eigenvalue weighted by Gasteiger charge is -2.29. The number of aliphatic carboxylic acids is 1. The highest BCUT2D eigenvalue weighted by atomic mass is 16.5. The van der Waals surface area contributed by atoms with Crippen LogP contribution in [0.2, 0.25) is 0 Å². The van der Waals surface area contributed by atoms with Crippen molar-refractivity contribution in [3.63, 3.8) is 0 Å². The molecule has 0 unspecified atom stereocenters. The van der Waals surface area contributed by atoms with Crippen LogP contribution in [0.5, 0.6) is 0 Å². The van der Waals surface area contributed by atoms with Gasteiger partial charge in [0.1, 0.15) is 6.54 Å². The van der Waals surface area contributed by atoms with Gasteiger partial charge in [-0.05, 0) is 32.1 Å². The number of esters is 1. The third-order valence-corrected chi connectivity index (χ3v) is 3.78. The molecule has 0 rings (SSSR count). The largest absolute Gasteiger partial charge is 0.550 e. The molecule has 0 amide bonds. The van der Waals surface area contributed by atoms with Crippen LogP contribution in [0.4, 0.5) is 0 Å². The lowest BCUT2D eigenvalue weighted by Crippen LogP contribution is -2.45. The minimum atomic E-state index is -1.19. The second-order valence-electron chi connectivity index (χ2n) is 7.73. The van der Waals surface area contributed by atoms with Crippen molar-refractivity contribution in [3.05, 3.63) is 24.3 Å². The smallest absolute Gasteiger partial charge is 0.306 e. The molecule has 0 aliphatic heterocycles. The molecule has 0 bridgehead atoms. The number of quaternary nitrogens is 1. The van der Waals surface area contributed by atoms with Crippen LogP contribution in [0.1, 0.15) is 64.7 Å². The molecule has 0 aromatic carbocycles. The van der Waals surface area contributed by atoms with E-state index in [-0.39, 0.29) is 12.4 Å². The Labute approximate surface area is 159 Å². The van der Waals surface area contributed by atoms with Crippen molar-refractivity contribution in [1.29, 1.82) is 0 Å². The van der Waals surface area contributed by atoms with E-state index in [0.29, 0.717) is 23.9 Å². The van der Waals surface area contributed by atoms with Gasteiger partial charge in [0, 0.05) is 18.8 Å². The summed E-state index contributed by atoms with van der Waals surface area (Å²) < 4.78 is 5.85. The van der Waals surface area contributed by atoms with E-state index >= 15 is 0 Å². The van der Waals surface area contributed by atoms with Crippen LogP contribution >= 0.6 is 0 Å². The maximum atomic E-state index is 11.9. The summed E-state index contributed by atoms with van der Waals surface area (Å²) in [4.78, 5) is 22.7. The van der Waals surface area contributed by atoms with Crippen molar-refractivity contribution < 1.29 is 23.9 Å². The van der Waals surface area contributed by atoms with Gasteiger partial charge in [0.05, 0.1) is 21.1 Å². The molecule has 0 saturated carbocycles. The Kier molecular flexibility index (Phi) is 13.6. The van der Waals surface area contributed by atoms with Gasteiger partial charge in [0.15, 0.2) is 6.10 Å². The van der Waals surface area contributed by atoms with E-state index in [2.05, 4.69) is 31.2 Å². The molecule has 5 heteroatoms. The number of hydrogen-bond donors (Lipinski definition) is 0. The van der Waals surface area contributed by atoms with Gasteiger partial charge < -0.3 is 19.1 Å². The molecular weight excluding hydrogens is 330 g/mol. The average molecular weight is 368 g/mol. The fourth-order valence-corrected chi connectivity index (χ4v) is 2.57. The lowest BCUT2D eigenvalue weighted by atomic mass is 10.2. The summed E-state index contributed by atoms with van der Waals surface area (Å²) in [5.41, 5.74) is 0. The molecule has 26 heavy (non-hydrogen) atoms. The van der Waals surface area contributed by atoms with Crippen LogP contribution < -0.4 is 5.11 Å². The maximum absolute atomic E-state index is 11.9. The molecule has 1 atom stereocenters. The summed E-state index contributed by atoms with van der Waals surface area (Å²) in [7, 11) is 5.79. The van der Waals surface area contributed by atoms with Gasteiger partial charge in [0.2, 0.25) is 0 Å². The first kappa shape index (κ1) is 24.4. The van der Waals surface area contributed by atoms with E-state index in [1.54, 1.807) is 0 Å². The SMILES string of the molecule is CCCCC/C=C/C/C=C/CCCC(=O)O[C@H](CC(=O)[O-])C[N+](C)(C)C. The van der Waals surface area contributed by atoms with Crippen molar-refractivity contribution in [2.24, 2.45) is 0 Å². The van der Waals surface area contributed by atoms with Gasteiger partial charge in [0.25, 0.3) is 0 Å². The van der Waals surface area contributed by atoms with Gasteiger partial charge >= 0.3 is 5.97 Å². The molecular formula is C21H37NO4. The van der Waals surface area contributed by atoms with Gasteiger partial charge in [-0.3, -0.25) is 4.79 Å². The average Bonchev–Trinajstić information content (AvgIpc) is 2.50. The Morgan fingerprint density at radius 2 is 1.62 bits per heavy atom. The first-order valence-electron chi connectivity index (χ1n) is 9.74. The molecule has 0 spiro atoms. The molecule has 0 saturated heterocycles. The monoisotopic (exact) mass is 367 g/mol. The standard InChI is InChI=1S/C21H37NO4/c1-5-6-7-8-9-10-11-12-13-14-15-16-21(25)26-19(17-20(23)24)18-22(2,3)4/h9-10,12-13,19H,5-8,11,14-18H2,1-4H3/b10-9+,13-12+/t19-/m1/s1. The Morgan fingerprint density at radius 3 is 2.15 bits per heavy atom. The maximum Gasteiger partial charge on any atom is 0.306 e. The van der Waals surface area contributed by atoms with Gasteiger partial charge in [-0.15, -0.1) is 0 Å². The second-order valence-corrected chi connectivity index (χ2v) is 7.73. The first-order valence-corrected chi connectivity index (χ1v) is 9.74. The Bertz CT molecular complexity index is 449. The molecule has 0 fully saturated rings. The number of carbonyl (C=O) groups is 2. The number of hydrogen-bond acceptors (Lipinski definition) is 4. The van der Waals surface area contributed by atoms with Gasteiger partial charge in [-0.25, -0.2) is 0 Å². The number of carboxylic acids is 1. The number of allylic oxidation sites excluding steroid dienone is 4. The summed E-state index contributed by atoms with van der Waals surface area (Å²) in [6, 6.07) is 0. The molecule has 150 valence electrons. The third-order valence-electron chi connectivity index (χ3n) is 3.78. The van der Waals surface area contributed by atoms with E-state index < -0.39 is 12.1 Å². The number of rotatable bonds is 15. The molecule has 0 radical (unpaired) electrons. The van der Waals surface area contributed by atoms with E-state index in [9.17, 15) is 14.7 Å². The predicted octanol–water partition coefficient (Wildman–Crippen LogP) is 3.00. The van der Waals surface area contributed by atoms with E-state index in [1.165, 1.54) is 19.3 Å². The second kappa shape index (κ2) is 14.5. The number of carboxylic acid groups (broad SMARTS) is 1. The van der Waals surface area contributed by atoms with Crippen LogP contribution in [0.15, 0.2) is 24.3 Å². The number of likely N-dealkylation sites (N-methyl/N-ethyl adjacent to an activating group) is 1. The number of unbranched alkanes of at least 4 members (excludes halogenated alkanes) is 4. The fraction of sp³-hybridized carbons (Fsp3) is 0.714. The summed E-state index contributed by atoms with van der Waals surface area (Å²) >= 11 is 0. The number of carbonyl (C=O) groups excluding carboxylic acids is 2. The zero-order valence-corrected chi connectivity index (χ0v) is 17.0. The molecule has 0 aromatic heterocycles. The lowest BCUT2D eigenvalue weighted by molar-refractivity contribution is -0.873. The van der Waals surface area contributed by atoms with Crippen LogP contribution in [-0.2, 0) is 14.3 Å². The summed E-state index contributed by atoms with van der Waals surface area (Å²) in [6.07, 6.45) is 15.4. The minimum Gasteiger partial charge on any atom is -0.550 e. The highest BCUT2D eigenvalue weighted by Crippen LogP contribution is 2.08. The van der Waals surface area contributed by atoms with Gasteiger partial charge in [-0.2, -0.15) is 0 Å². The van der Waals surface area contributed by atoms with Gasteiger partial charge in [-0.1, -0.05) is 44.1 Å². The van der Waals surface area contributed by atoms with Crippen LogP contribution in [0.25, 0.3) is 0 Å². The van der Waals surface area contributed by atoms with Crippen LogP contribution in [0, 0.1) is 0 Å². The van der Waals surface area contributed by atoms with E-state index in [0.717, 1.165) is 19.3 Å². The zero-order valence-electron chi connectivity index (χ0n) is 17.0. The first-order chi connectivity index (χ1) is 12.2. The van der Waals surface area contributed by atoms with Crippen molar-refractivity contribution >= 4 is 11.9 Å². The van der Waals surface area contributed by atoms with Crippen molar-refractivity contribution in [3.8, 4) is 0 Å². The minimum absolute atomic E-state index is 0.258. The van der Waals surface area contributed by atoms with Crippen molar-refractivity contribution in [2.45, 2.75) is 70.8 Å². The topological polar surface area (TPSA) is 66.4 Å². The van der Waals surface area contributed by atoms with E-state index in [1.807, 2.05) is 21.1 Å². The highest BCUT2D eigenvalue weighted by molar-refractivity contribution is 5.70. The normalized spacial score (nSPS) is 13.4. The fourth-order valence-electron chi connectivity index (χ4n) is 2.57. The van der Waals surface area contributed by atoms with E-state index in [4.69, 9.17) is 4.74 Å². The molecule has 0 N–H and O–H groups in total. The van der Waals surface area contributed by atoms with Crippen molar-refractivity contribution in [2.75, 3.05) is 27.7 Å². The predicted molar refractivity (Wildman–Crippen MR) is 103 cm³/mol. The Balaban J connectivity index is 3.94. The van der Waals surface area contributed by atoms with Crippen LogP contribution in [0.3, 0.4) is 0 Å². The summed E-state index contributed by atoms with van der Waals surface area (Å²) in [5.74, 6) is -1.53. The molecule has 0 aliphatic rings. The van der Waals surface area contributed by atoms with Crippen molar-refractivity contribution in [1.82, 2.24) is 0 Å². The Hall–Kier alpha value is -1.62. The number of ether oxygens (including phenoxy) is 1.